The van der Waals surface area contributed by atoms with Gasteiger partial charge in [-0.3, -0.25) is 4.79 Å². The molecule has 6 heteroatoms. The van der Waals surface area contributed by atoms with Crippen LogP contribution in [0.4, 0.5) is 5.69 Å². The van der Waals surface area contributed by atoms with E-state index in [-0.39, 0.29) is 0 Å². The van der Waals surface area contributed by atoms with E-state index in [9.17, 15) is 4.79 Å². The average Bonchev–Trinajstić information content (AvgIpc) is 2.86. The summed E-state index contributed by atoms with van der Waals surface area (Å²) in [5.41, 5.74) is 6.91. The number of halogens is 1. The molecular weight excluding hydrogens is 276 g/mol. The number of nitrogens with zero attached hydrogens (tertiary/aromatic N) is 2. The first-order valence-corrected chi connectivity index (χ1v) is 6.81. The largest absolute Gasteiger partial charge is 0.368 e. The van der Waals surface area contributed by atoms with Crippen molar-refractivity contribution in [2.45, 2.75) is 25.9 Å². The van der Waals surface area contributed by atoms with Gasteiger partial charge in [-0.2, -0.15) is 0 Å². The first-order chi connectivity index (χ1) is 9.63. The van der Waals surface area contributed by atoms with Crippen LogP contribution in [0.2, 0.25) is 5.02 Å². The Labute approximate surface area is 122 Å². The van der Waals surface area contributed by atoms with Gasteiger partial charge in [0.2, 0.25) is 5.91 Å². The fourth-order valence-electron chi connectivity index (χ4n) is 2.02. The Balaban J connectivity index is 2.30. The van der Waals surface area contributed by atoms with E-state index in [1.807, 2.05) is 16.7 Å². The standard InChI is InChI=1S/C14H17ClN4O/c1-2-7-19-9-17-8-12(19)13(14(16)20)18-11-6-4-3-5-10(11)15/h3-6,8-9,13,18H,2,7H2,1H3,(H2,16,20). The highest BCUT2D eigenvalue weighted by Crippen LogP contribution is 2.26. The molecule has 1 heterocycles. The number of aromatic nitrogens is 2. The van der Waals surface area contributed by atoms with Gasteiger partial charge in [0.05, 0.1) is 28.9 Å². The van der Waals surface area contributed by atoms with E-state index >= 15 is 0 Å². The quantitative estimate of drug-likeness (QED) is 0.859. The first kappa shape index (κ1) is 14.4. The second-order valence-electron chi connectivity index (χ2n) is 4.47. The highest BCUT2D eigenvalue weighted by Gasteiger charge is 2.22. The molecule has 0 fully saturated rings. The Hall–Kier alpha value is -2.01. The van der Waals surface area contributed by atoms with E-state index in [4.69, 9.17) is 17.3 Å². The Morgan fingerprint density at radius 3 is 2.90 bits per heavy atom. The van der Waals surface area contributed by atoms with Crippen LogP contribution < -0.4 is 11.1 Å². The maximum absolute atomic E-state index is 11.7. The first-order valence-electron chi connectivity index (χ1n) is 6.44. The average molecular weight is 293 g/mol. The van der Waals surface area contributed by atoms with E-state index in [1.165, 1.54) is 0 Å². The van der Waals surface area contributed by atoms with Gasteiger partial charge in [0, 0.05) is 6.54 Å². The van der Waals surface area contributed by atoms with Crippen LogP contribution in [0.1, 0.15) is 25.1 Å². The molecule has 1 unspecified atom stereocenters. The third-order valence-electron chi connectivity index (χ3n) is 2.96. The number of nitrogens with two attached hydrogens (primary N) is 1. The molecule has 0 spiro atoms. The fourth-order valence-corrected chi connectivity index (χ4v) is 2.21. The number of benzene rings is 1. The molecule has 3 N–H and O–H groups in total. The molecule has 0 radical (unpaired) electrons. The van der Waals surface area contributed by atoms with Crippen molar-refractivity contribution in [1.82, 2.24) is 9.55 Å². The van der Waals surface area contributed by atoms with Crippen LogP contribution in [0.25, 0.3) is 0 Å². The molecule has 0 saturated carbocycles. The molecule has 0 aliphatic carbocycles. The number of carbonyl (C=O) groups is 1. The lowest BCUT2D eigenvalue weighted by molar-refractivity contribution is -0.119. The van der Waals surface area contributed by atoms with Gasteiger partial charge in [0.25, 0.3) is 0 Å². The maximum Gasteiger partial charge on any atom is 0.246 e. The molecule has 1 aromatic heterocycles. The number of carbonyl (C=O) groups excluding carboxylic acids is 1. The zero-order chi connectivity index (χ0) is 14.5. The van der Waals surface area contributed by atoms with Gasteiger partial charge < -0.3 is 15.6 Å². The minimum absolute atomic E-state index is 0.470. The van der Waals surface area contributed by atoms with Crippen molar-refractivity contribution < 1.29 is 4.79 Å². The predicted octanol–water partition coefficient (Wildman–Crippen LogP) is 2.58. The van der Waals surface area contributed by atoms with Crippen LogP contribution in [-0.4, -0.2) is 15.5 Å². The molecule has 0 bridgehead atoms. The van der Waals surface area contributed by atoms with Crippen LogP contribution in [0.15, 0.2) is 36.8 Å². The number of para-hydroxylation sites is 1. The summed E-state index contributed by atoms with van der Waals surface area (Å²) in [5, 5.41) is 3.62. The molecule has 20 heavy (non-hydrogen) atoms. The molecule has 2 rings (SSSR count). The van der Waals surface area contributed by atoms with Gasteiger partial charge in [-0.1, -0.05) is 30.7 Å². The molecule has 0 aliphatic heterocycles. The molecule has 1 atom stereocenters. The number of aryl methyl sites for hydroxylation is 1. The topological polar surface area (TPSA) is 72.9 Å². The number of rotatable bonds is 6. The summed E-state index contributed by atoms with van der Waals surface area (Å²) in [7, 11) is 0. The van der Waals surface area contributed by atoms with E-state index in [2.05, 4.69) is 17.2 Å². The third kappa shape index (κ3) is 3.11. The van der Waals surface area contributed by atoms with Crippen molar-refractivity contribution in [3.05, 3.63) is 47.5 Å². The molecule has 0 saturated heterocycles. The van der Waals surface area contributed by atoms with E-state index in [1.54, 1.807) is 24.7 Å². The summed E-state index contributed by atoms with van der Waals surface area (Å²) in [6.45, 7) is 2.84. The lowest BCUT2D eigenvalue weighted by Crippen LogP contribution is -2.29. The number of hydrogen-bond acceptors (Lipinski definition) is 3. The van der Waals surface area contributed by atoms with E-state index in [0.717, 1.165) is 18.7 Å². The number of amides is 1. The third-order valence-corrected chi connectivity index (χ3v) is 3.29. The molecular formula is C14H17ClN4O. The second kappa shape index (κ2) is 6.43. The highest BCUT2D eigenvalue weighted by atomic mass is 35.5. The summed E-state index contributed by atoms with van der Waals surface area (Å²) in [6.07, 6.45) is 4.29. The van der Waals surface area contributed by atoms with Crippen molar-refractivity contribution in [2.24, 2.45) is 5.73 Å². The summed E-state index contributed by atoms with van der Waals surface area (Å²) in [5.74, 6) is -0.470. The predicted molar refractivity (Wildman–Crippen MR) is 79.5 cm³/mol. The zero-order valence-electron chi connectivity index (χ0n) is 11.2. The van der Waals surface area contributed by atoms with Crippen molar-refractivity contribution in [3.8, 4) is 0 Å². The van der Waals surface area contributed by atoms with Crippen molar-refractivity contribution in [1.29, 1.82) is 0 Å². The Bertz CT molecular complexity index is 596. The number of anilines is 1. The highest BCUT2D eigenvalue weighted by molar-refractivity contribution is 6.33. The van der Waals surface area contributed by atoms with Crippen LogP contribution in [-0.2, 0) is 11.3 Å². The van der Waals surface area contributed by atoms with Crippen molar-refractivity contribution >= 4 is 23.2 Å². The number of imidazole rings is 1. The Kier molecular flexibility index (Phi) is 4.63. The van der Waals surface area contributed by atoms with Gasteiger partial charge in [0.15, 0.2) is 0 Å². The number of primary amides is 1. The van der Waals surface area contributed by atoms with Crippen molar-refractivity contribution in [2.75, 3.05) is 5.32 Å². The Morgan fingerprint density at radius 1 is 1.50 bits per heavy atom. The van der Waals surface area contributed by atoms with Crippen LogP contribution in [0, 0.1) is 0 Å². The molecule has 0 aliphatic rings. The Morgan fingerprint density at radius 2 is 2.25 bits per heavy atom. The molecule has 1 amide bonds. The number of hydrogen-bond donors (Lipinski definition) is 2. The normalized spacial score (nSPS) is 12.1. The van der Waals surface area contributed by atoms with Gasteiger partial charge >= 0.3 is 0 Å². The SMILES string of the molecule is CCCn1cncc1C(Nc1ccccc1Cl)C(N)=O. The second-order valence-corrected chi connectivity index (χ2v) is 4.88. The van der Waals surface area contributed by atoms with Gasteiger partial charge in [-0.15, -0.1) is 0 Å². The smallest absolute Gasteiger partial charge is 0.246 e. The summed E-state index contributed by atoms with van der Waals surface area (Å²) in [6, 6.07) is 6.57. The van der Waals surface area contributed by atoms with Crippen LogP contribution in [0.3, 0.4) is 0 Å². The summed E-state index contributed by atoms with van der Waals surface area (Å²) in [4.78, 5) is 15.8. The van der Waals surface area contributed by atoms with Gasteiger partial charge in [0.1, 0.15) is 6.04 Å². The molecule has 5 nitrogen and oxygen atoms in total. The minimum Gasteiger partial charge on any atom is -0.368 e. The van der Waals surface area contributed by atoms with Crippen LogP contribution in [0.5, 0.6) is 0 Å². The van der Waals surface area contributed by atoms with E-state index in [0.29, 0.717) is 10.7 Å². The maximum atomic E-state index is 11.7. The monoisotopic (exact) mass is 292 g/mol. The van der Waals surface area contributed by atoms with Crippen LogP contribution >= 0.6 is 11.6 Å². The summed E-state index contributed by atoms with van der Waals surface area (Å²) < 4.78 is 1.92. The minimum atomic E-state index is -0.663. The summed E-state index contributed by atoms with van der Waals surface area (Å²) >= 11 is 6.10. The van der Waals surface area contributed by atoms with Crippen molar-refractivity contribution in [3.63, 3.8) is 0 Å². The zero-order valence-corrected chi connectivity index (χ0v) is 12.0. The molecule has 1 aromatic carbocycles. The molecule has 106 valence electrons. The molecule has 2 aromatic rings. The van der Waals surface area contributed by atoms with Gasteiger partial charge in [-0.05, 0) is 18.6 Å². The van der Waals surface area contributed by atoms with Gasteiger partial charge in [-0.25, -0.2) is 4.98 Å². The van der Waals surface area contributed by atoms with E-state index < -0.39 is 11.9 Å². The fraction of sp³-hybridized carbons (Fsp3) is 0.286. The lowest BCUT2D eigenvalue weighted by atomic mass is 10.2. The number of nitrogens with one attached hydrogen (secondary N) is 1. The lowest BCUT2D eigenvalue weighted by Gasteiger charge is -2.19.